The highest BCUT2D eigenvalue weighted by molar-refractivity contribution is 5.89. The van der Waals surface area contributed by atoms with E-state index in [1.165, 1.54) is 112 Å². The molecule has 0 fully saturated rings. The van der Waals surface area contributed by atoms with E-state index in [0.29, 0.717) is 0 Å². The van der Waals surface area contributed by atoms with E-state index in [0.717, 1.165) is 0 Å². The van der Waals surface area contributed by atoms with Crippen molar-refractivity contribution in [2.24, 2.45) is 0 Å². The maximum atomic E-state index is 2.63. The maximum Gasteiger partial charge on any atom is 0.0187 e. The quantitative estimate of drug-likeness (QED) is 0.191. The van der Waals surface area contributed by atoms with Gasteiger partial charge < -0.3 is 0 Å². The van der Waals surface area contributed by atoms with E-state index in [-0.39, 0.29) is 10.8 Å². The molecular weight excluding hydrogens is 456 g/mol. The predicted molar refractivity (Wildman–Crippen MR) is 166 cm³/mol. The van der Waals surface area contributed by atoms with E-state index >= 15 is 0 Å². The molecule has 0 saturated heterocycles. The lowest BCUT2D eigenvalue weighted by molar-refractivity contribution is 0.477. The summed E-state index contributed by atoms with van der Waals surface area (Å²) in [5, 5.41) is 0. The summed E-state index contributed by atoms with van der Waals surface area (Å²) in [5.74, 6) is 0. The van der Waals surface area contributed by atoms with Gasteiger partial charge in [0, 0.05) is 10.8 Å². The van der Waals surface area contributed by atoms with Crippen molar-refractivity contribution in [3.05, 3.63) is 82.9 Å². The summed E-state index contributed by atoms with van der Waals surface area (Å²) in [6.07, 6.45) is 18.8. The summed E-state index contributed by atoms with van der Waals surface area (Å²) in [5.41, 5.74) is 12.5. The monoisotopic (exact) mass is 506 g/mol. The molecule has 3 aromatic rings. The van der Waals surface area contributed by atoms with Crippen LogP contribution in [0.5, 0.6) is 0 Å². The number of hydrogen-bond donors (Lipinski definition) is 0. The zero-order chi connectivity index (χ0) is 26.6. The zero-order valence-corrected chi connectivity index (χ0v) is 24.7. The molecule has 38 heavy (non-hydrogen) atoms. The second-order valence-corrected chi connectivity index (χ2v) is 12.7. The van der Waals surface area contributed by atoms with Gasteiger partial charge in [-0.05, 0) is 69.5 Å². The topological polar surface area (TPSA) is 0 Å². The second kappa shape index (κ2) is 11.8. The molecule has 0 N–H and O–H groups in total. The molecule has 2 aliphatic rings. The molecule has 3 aromatic carbocycles. The van der Waals surface area contributed by atoms with Crippen LogP contribution in [0.1, 0.15) is 140 Å². The minimum Gasteiger partial charge on any atom is -0.0654 e. The molecule has 0 amide bonds. The summed E-state index contributed by atoms with van der Waals surface area (Å²) in [7, 11) is 0. The molecule has 0 aromatic heterocycles. The Morgan fingerprint density at radius 1 is 0.421 bits per heavy atom. The number of fused-ring (bicyclic) bond motifs is 6. The highest BCUT2D eigenvalue weighted by Crippen LogP contribution is 2.58. The van der Waals surface area contributed by atoms with Crippen molar-refractivity contribution in [1.29, 1.82) is 0 Å². The Kier molecular flexibility index (Phi) is 8.47. The molecular formula is C38H50. The van der Waals surface area contributed by atoms with Crippen molar-refractivity contribution in [1.82, 2.24) is 0 Å². The van der Waals surface area contributed by atoms with Gasteiger partial charge in [-0.3, -0.25) is 0 Å². The van der Waals surface area contributed by atoms with Gasteiger partial charge in [0.05, 0.1) is 0 Å². The van der Waals surface area contributed by atoms with Gasteiger partial charge in [0.2, 0.25) is 0 Å². The lowest BCUT2D eigenvalue weighted by Gasteiger charge is -2.30. The van der Waals surface area contributed by atoms with Crippen molar-refractivity contribution >= 4 is 0 Å². The molecule has 0 aliphatic heterocycles. The minimum atomic E-state index is 0.110. The van der Waals surface area contributed by atoms with Gasteiger partial charge in [-0.25, -0.2) is 0 Å². The Morgan fingerprint density at radius 3 is 1.21 bits per heavy atom. The van der Waals surface area contributed by atoms with Crippen molar-refractivity contribution in [2.75, 3.05) is 0 Å². The molecule has 5 rings (SSSR count). The van der Waals surface area contributed by atoms with Gasteiger partial charge in [-0.2, -0.15) is 0 Å². The molecule has 2 aliphatic carbocycles. The summed E-state index contributed by atoms with van der Waals surface area (Å²) >= 11 is 0. The van der Waals surface area contributed by atoms with Crippen molar-refractivity contribution in [3.63, 3.8) is 0 Å². The first-order valence-electron chi connectivity index (χ1n) is 15.9. The normalized spacial score (nSPS) is 20.7. The molecule has 2 unspecified atom stereocenters. The maximum absolute atomic E-state index is 2.63. The molecule has 0 heteroatoms. The van der Waals surface area contributed by atoms with E-state index < -0.39 is 0 Å². The van der Waals surface area contributed by atoms with E-state index in [9.17, 15) is 0 Å². The molecule has 0 heterocycles. The number of benzene rings is 3. The average Bonchev–Trinajstić information content (AvgIpc) is 3.34. The number of unbranched alkanes of at least 4 members (excludes halogenated alkanes) is 10. The van der Waals surface area contributed by atoms with Gasteiger partial charge in [0.25, 0.3) is 0 Å². The van der Waals surface area contributed by atoms with Crippen LogP contribution in [-0.4, -0.2) is 0 Å². The van der Waals surface area contributed by atoms with Crippen LogP contribution < -0.4 is 0 Å². The largest absolute Gasteiger partial charge is 0.0654 e. The molecule has 2 atom stereocenters. The highest BCUT2D eigenvalue weighted by Gasteiger charge is 2.44. The third-order valence-corrected chi connectivity index (χ3v) is 10.0. The smallest absolute Gasteiger partial charge is 0.0187 e. The van der Waals surface area contributed by atoms with Crippen LogP contribution in [0.3, 0.4) is 0 Å². The second-order valence-electron chi connectivity index (χ2n) is 12.7. The van der Waals surface area contributed by atoms with Crippen molar-refractivity contribution < 1.29 is 0 Å². The standard InChI is InChI=1S/C38H50/c1-5-7-9-11-13-19-25-37(3)33-23-17-15-21-29(33)31-28-36-32(27-35(31)37)30-22-16-18-24-34(30)38(36,4)26-20-14-12-10-8-6-2/h15-18,21-24,27-28H,5-14,19-20,25-26H2,1-4H3. The fourth-order valence-electron chi connectivity index (χ4n) is 7.70. The van der Waals surface area contributed by atoms with Gasteiger partial charge in [0.1, 0.15) is 0 Å². The first-order chi connectivity index (χ1) is 18.5. The molecule has 0 radical (unpaired) electrons. The summed E-state index contributed by atoms with van der Waals surface area (Å²) in [6, 6.07) is 23.9. The molecule has 0 spiro atoms. The summed E-state index contributed by atoms with van der Waals surface area (Å²) < 4.78 is 0. The lowest BCUT2D eigenvalue weighted by atomic mass is 9.73. The van der Waals surface area contributed by atoms with E-state index in [1.807, 2.05) is 0 Å². The van der Waals surface area contributed by atoms with Crippen LogP contribution >= 0.6 is 0 Å². The number of rotatable bonds is 14. The third-order valence-electron chi connectivity index (χ3n) is 10.0. The number of hydrogen-bond acceptors (Lipinski definition) is 0. The first-order valence-corrected chi connectivity index (χ1v) is 15.9. The molecule has 0 saturated carbocycles. The van der Waals surface area contributed by atoms with Crippen LogP contribution in [0, 0.1) is 0 Å². The summed E-state index contributed by atoms with van der Waals surface area (Å²) in [4.78, 5) is 0. The van der Waals surface area contributed by atoms with E-state index in [1.54, 1.807) is 22.3 Å². The first kappa shape index (κ1) is 27.2. The van der Waals surface area contributed by atoms with Crippen LogP contribution in [0.4, 0.5) is 0 Å². The Bertz CT molecular complexity index is 1140. The Hall–Kier alpha value is -2.34. The van der Waals surface area contributed by atoms with Crippen LogP contribution in [0.15, 0.2) is 60.7 Å². The van der Waals surface area contributed by atoms with Crippen LogP contribution in [0.25, 0.3) is 22.3 Å². The van der Waals surface area contributed by atoms with Crippen molar-refractivity contribution in [2.45, 2.75) is 128 Å². The summed E-state index contributed by atoms with van der Waals surface area (Å²) in [6.45, 7) is 9.68. The predicted octanol–water partition coefficient (Wildman–Crippen LogP) is 11.8. The fraction of sp³-hybridized carbons (Fsp3) is 0.526. The minimum absolute atomic E-state index is 0.110. The SMILES string of the molecule is CCCCCCCCC1(C)c2ccccc2-c2cc3c(cc21)-c1ccccc1C3(C)CCCCCCCC. The van der Waals surface area contributed by atoms with Crippen LogP contribution in [0.2, 0.25) is 0 Å². The van der Waals surface area contributed by atoms with Gasteiger partial charge in [0.15, 0.2) is 0 Å². The molecule has 202 valence electrons. The van der Waals surface area contributed by atoms with Crippen LogP contribution in [-0.2, 0) is 10.8 Å². The zero-order valence-electron chi connectivity index (χ0n) is 24.7. The lowest BCUT2D eigenvalue weighted by Crippen LogP contribution is -2.22. The average molecular weight is 507 g/mol. The fourth-order valence-corrected chi connectivity index (χ4v) is 7.70. The Balaban J connectivity index is 1.48. The molecule has 0 bridgehead atoms. The van der Waals surface area contributed by atoms with Gasteiger partial charge in [-0.1, -0.05) is 153 Å². The highest BCUT2D eigenvalue weighted by atomic mass is 14.5. The van der Waals surface area contributed by atoms with Gasteiger partial charge >= 0.3 is 0 Å². The van der Waals surface area contributed by atoms with Gasteiger partial charge in [-0.15, -0.1) is 0 Å². The third kappa shape index (κ3) is 4.89. The van der Waals surface area contributed by atoms with Crippen molar-refractivity contribution in [3.8, 4) is 22.3 Å². The van der Waals surface area contributed by atoms with E-state index in [4.69, 9.17) is 0 Å². The van der Waals surface area contributed by atoms with E-state index in [2.05, 4.69) is 88.4 Å². The Morgan fingerprint density at radius 2 is 0.789 bits per heavy atom. The molecule has 0 nitrogen and oxygen atoms in total. The Labute approximate surface area is 233 Å².